The number of carbonyl (C=O) groups is 1. The van der Waals surface area contributed by atoms with Gasteiger partial charge in [-0.25, -0.2) is 10.2 Å². The summed E-state index contributed by atoms with van der Waals surface area (Å²) in [5.74, 6) is 0. The third-order valence-electron chi connectivity index (χ3n) is 1.10. The number of rotatable bonds is 2. The van der Waals surface area contributed by atoms with E-state index in [0.717, 1.165) is 0 Å². The second-order valence-electron chi connectivity index (χ2n) is 1.92. The van der Waals surface area contributed by atoms with Gasteiger partial charge in [-0.2, -0.15) is 0 Å². The van der Waals surface area contributed by atoms with Gasteiger partial charge >= 0.3 is 6.09 Å². The lowest BCUT2D eigenvalue weighted by atomic mass is 10.7. The Hall–Kier alpha value is -1.45. The molecule has 1 aromatic heterocycles. The van der Waals surface area contributed by atoms with Crippen molar-refractivity contribution in [3.8, 4) is 0 Å². The van der Waals surface area contributed by atoms with E-state index in [9.17, 15) is 4.79 Å². The van der Waals surface area contributed by atoms with Crippen LogP contribution in [0, 0.1) is 0 Å². The number of amides is 1. The number of hydrogen-bond acceptors (Lipinski definition) is 2. The molecule has 60 valence electrons. The first kappa shape index (κ1) is 7.65. The van der Waals surface area contributed by atoms with Gasteiger partial charge in [0.2, 0.25) is 0 Å². The van der Waals surface area contributed by atoms with Crippen LogP contribution in [-0.4, -0.2) is 17.4 Å². The summed E-state index contributed by atoms with van der Waals surface area (Å²) >= 11 is 0. The minimum atomic E-state index is -0.441. The highest BCUT2D eigenvalue weighted by atomic mass is 16.5. The molecule has 0 spiro atoms. The molecule has 1 rings (SSSR count). The summed E-state index contributed by atoms with van der Waals surface area (Å²) in [4.78, 5) is 10.8. The molecule has 0 aliphatic carbocycles. The van der Waals surface area contributed by atoms with Crippen LogP contribution < -0.4 is 5.43 Å². The lowest BCUT2D eigenvalue weighted by Gasteiger charge is -2.04. The van der Waals surface area contributed by atoms with Crippen molar-refractivity contribution in [2.24, 2.45) is 0 Å². The van der Waals surface area contributed by atoms with Crippen molar-refractivity contribution in [2.45, 2.75) is 6.92 Å². The summed E-state index contributed by atoms with van der Waals surface area (Å²) < 4.78 is 6.17. The molecule has 1 amide bonds. The van der Waals surface area contributed by atoms with Crippen LogP contribution in [0.1, 0.15) is 6.92 Å². The summed E-state index contributed by atoms with van der Waals surface area (Å²) in [5, 5.41) is 0. The summed E-state index contributed by atoms with van der Waals surface area (Å²) in [6.45, 7) is 2.14. The Kier molecular flexibility index (Phi) is 2.54. The van der Waals surface area contributed by atoms with Crippen LogP contribution >= 0.6 is 0 Å². The van der Waals surface area contributed by atoms with E-state index in [1.807, 2.05) is 12.1 Å². The zero-order chi connectivity index (χ0) is 8.10. The number of aromatic nitrogens is 1. The van der Waals surface area contributed by atoms with Crippen LogP contribution in [0.15, 0.2) is 24.5 Å². The highest BCUT2D eigenvalue weighted by Gasteiger charge is 1.97. The molecule has 0 aliphatic rings. The standard InChI is InChI=1S/C7H10N2O2/c1-2-11-7(10)8-9-5-3-4-6-9/h3-6H,2H2,1H3,(H,8,10). The Balaban J connectivity index is 2.37. The maximum Gasteiger partial charge on any atom is 0.426 e. The van der Waals surface area contributed by atoms with E-state index >= 15 is 0 Å². The van der Waals surface area contributed by atoms with Crippen LogP contribution in [0.2, 0.25) is 0 Å². The largest absolute Gasteiger partial charge is 0.449 e. The van der Waals surface area contributed by atoms with Crippen LogP contribution in [0.3, 0.4) is 0 Å². The summed E-state index contributed by atoms with van der Waals surface area (Å²) in [6, 6.07) is 3.62. The molecule has 0 aromatic carbocycles. The quantitative estimate of drug-likeness (QED) is 0.695. The van der Waals surface area contributed by atoms with Gasteiger partial charge in [-0.05, 0) is 19.1 Å². The third-order valence-corrected chi connectivity index (χ3v) is 1.10. The SMILES string of the molecule is CCOC(=O)Nn1cccc1. The van der Waals surface area contributed by atoms with E-state index in [-0.39, 0.29) is 0 Å². The van der Waals surface area contributed by atoms with Gasteiger partial charge in [0.25, 0.3) is 0 Å². The van der Waals surface area contributed by atoms with E-state index < -0.39 is 6.09 Å². The van der Waals surface area contributed by atoms with E-state index in [1.54, 1.807) is 19.3 Å². The molecule has 0 aliphatic heterocycles. The molecule has 0 bridgehead atoms. The average molecular weight is 154 g/mol. The molecule has 4 nitrogen and oxygen atoms in total. The molecular formula is C7H10N2O2. The molecule has 4 heteroatoms. The first-order valence-corrected chi connectivity index (χ1v) is 3.39. The van der Waals surface area contributed by atoms with E-state index in [4.69, 9.17) is 0 Å². The van der Waals surface area contributed by atoms with E-state index in [0.29, 0.717) is 6.61 Å². The van der Waals surface area contributed by atoms with Crippen molar-refractivity contribution in [3.63, 3.8) is 0 Å². The molecule has 0 fully saturated rings. The maximum atomic E-state index is 10.8. The molecule has 1 N–H and O–H groups in total. The molecule has 1 aromatic rings. The van der Waals surface area contributed by atoms with Crippen LogP contribution in [0.5, 0.6) is 0 Å². The maximum absolute atomic E-state index is 10.8. The van der Waals surface area contributed by atoms with Gasteiger partial charge in [-0.15, -0.1) is 0 Å². The number of nitrogens with zero attached hydrogens (tertiary/aromatic N) is 1. The van der Waals surface area contributed by atoms with E-state index in [2.05, 4.69) is 10.2 Å². The lowest BCUT2D eigenvalue weighted by Crippen LogP contribution is -2.22. The highest BCUT2D eigenvalue weighted by Crippen LogP contribution is 1.86. The first-order valence-electron chi connectivity index (χ1n) is 3.39. The fourth-order valence-electron chi connectivity index (χ4n) is 0.678. The second kappa shape index (κ2) is 3.65. The molecule has 0 radical (unpaired) electrons. The lowest BCUT2D eigenvalue weighted by molar-refractivity contribution is 0.164. The van der Waals surface area contributed by atoms with Crippen LogP contribution in [-0.2, 0) is 4.74 Å². The fourth-order valence-corrected chi connectivity index (χ4v) is 0.678. The molecule has 0 saturated heterocycles. The van der Waals surface area contributed by atoms with Gasteiger partial charge in [0, 0.05) is 12.4 Å². The Labute approximate surface area is 64.7 Å². The topological polar surface area (TPSA) is 43.3 Å². The number of ether oxygens (including phenoxy) is 1. The van der Waals surface area contributed by atoms with Crippen molar-refractivity contribution in [1.82, 2.24) is 4.68 Å². The molecular weight excluding hydrogens is 144 g/mol. The highest BCUT2D eigenvalue weighted by molar-refractivity contribution is 5.75. The third kappa shape index (κ3) is 2.33. The molecule has 1 heterocycles. The summed E-state index contributed by atoms with van der Waals surface area (Å²) in [7, 11) is 0. The number of carbonyl (C=O) groups excluding carboxylic acids is 1. The number of nitrogens with one attached hydrogen (secondary N) is 1. The zero-order valence-electron chi connectivity index (χ0n) is 6.28. The van der Waals surface area contributed by atoms with Crippen molar-refractivity contribution >= 4 is 6.09 Å². The monoisotopic (exact) mass is 154 g/mol. The summed E-state index contributed by atoms with van der Waals surface area (Å²) in [5.41, 5.74) is 2.48. The first-order chi connectivity index (χ1) is 5.33. The summed E-state index contributed by atoms with van der Waals surface area (Å²) in [6.07, 6.45) is 3.00. The van der Waals surface area contributed by atoms with Crippen molar-refractivity contribution in [1.29, 1.82) is 0 Å². The van der Waals surface area contributed by atoms with Gasteiger partial charge in [0.05, 0.1) is 6.61 Å². The van der Waals surface area contributed by atoms with E-state index in [1.165, 1.54) is 4.68 Å². The fraction of sp³-hybridized carbons (Fsp3) is 0.286. The molecule has 0 atom stereocenters. The predicted molar refractivity (Wildman–Crippen MR) is 40.8 cm³/mol. The number of hydrogen-bond donors (Lipinski definition) is 1. The second-order valence-corrected chi connectivity index (χ2v) is 1.92. The van der Waals surface area contributed by atoms with Crippen molar-refractivity contribution < 1.29 is 9.53 Å². The van der Waals surface area contributed by atoms with Gasteiger partial charge in [-0.1, -0.05) is 0 Å². The van der Waals surface area contributed by atoms with Crippen LogP contribution in [0.25, 0.3) is 0 Å². The predicted octanol–water partition coefficient (Wildman–Crippen LogP) is 1.19. The average Bonchev–Trinajstić information content (AvgIpc) is 2.40. The minimum absolute atomic E-state index is 0.382. The zero-order valence-corrected chi connectivity index (χ0v) is 6.28. The molecule has 0 saturated carbocycles. The smallest absolute Gasteiger partial charge is 0.426 e. The van der Waals surface area contributed by atoms with Crippen molar-refractivity contribution in [3.05, 3.63) is 24.5 Å². The Morgan fingerprint density at radius 2 is 2.18 bits per heavy atom. The molecule has 11 heavy (non-hydrogen) atoms. The normalized spacial score (nSPS) is 9.18. The van der Waals surface area contributed by atoms with Gasteiger partial charge in [0.15, 0.2) is 0 Å². The van der Waals surface area contributed by atoms with Gasteiger partial charge < -0.3 is 4.74 Å². The Morgan fingerprint density at radius 1 is 1.55 bits per heavy atom. The molecule has 0 unspecified atom stereocenters. The Morgan fingerprint density at radius 3 is 2.73 bits per heavy atom. The van der Waals surface area contributed by atoms with Gasteiger partial charge in [0.1, 0.15) is 0 Å². The van der Waals surface area contributed by atoms with Crippen LogP contribution in [0.4, 0.5) is 4.79 Å². The van der Waals surface area contributed by atoms with Gasteiger partial charge in [-0.3, -0.25) is 4.68 Å². The minimum Gasteiger partial charge on any atom is -0.449 e. The van der Waals surface area contributed by atoms with Crippen molar-refractivity contribution in [2.75, 3.05) is 12.0 Å². The Bertz CT molecular complexity index is 218.